The summed E-state index contributed by atoms with van der Waals surface area (Å²) >= 11 is 8.86. The number of hydrogen-bond acceptors (Lipinski definition) is 5. The lowest BCUT2D eigenvalue weighted by atomic mass is 10.0. The highest BCUT2D eigenvalue weighted by Crippen LogP contribution is 2.28. The molecule has 0 saturated heterocycles. The molecule has 2 unspecified atom stereocenters. The Labute approximate surface area is 112 Å². The largest absolute Gasteiger partial charge is 0.469 e. The third kappa shape index (κ3) is 3.92. The minimum atomic E-state index is -1.27. The van der Waals surface area contributed by atoms with Gasteiger partial charge in [-0.3, -0.25) is 4.79 Å². The minimum Gasteiger partial charge on any atom is -0.469 e. The standard InChI is InChI=1S/C10H11BrClNO4/c1-17-9(15)3-7(14)10(16)5-2-8(12)13-4-6(5)11/h2,4,7,10,14,16H,3H2,1H3. The number of carbonyl (C=O) groups is 1. The van der Waals surface area contributed by atoms with E-state index in [0.717, 1.165) is 0 Å². The van der Waals surface area contributed by atoms with E-state index in [1.807, 2.05) is 0 Å². The predicted octanol–water partition coefficient (Wildman–Crippen LogP) is 1.45. The van der Waals surface area contributed by atoms with Crippen molar-refractivity contribution in [3.05, 3.63) is 27.5 Å². The summed E-state index contributed by atoms with van der Waals surface area (Å²) in [4.78, 5) is 14.8. The number of carbonyl (C=O) groups excluding carboxylic acids is 1. The van der Waals surface area contributed by atoms with E-state index in [9.17, 15) is 15.0 Å². The number of aliphatic hydroxyl groups is 2. The Morgan fingerprint density at radius 2 is 2.29 bits per heavy atom. The molecule has 0 fully saturated rings. The number of methoxy groups -OCH3 is 1. The van der Waals surface area contributed by atoms with E-state index in [-0.39, 0.29) is 11.6 Å². The van der Waals surface area contributed by atoms with E-state index in [0.29, 0.717) is 10.0 Å². The maximum absolute atomic E-state index is 11.0. The molecular weight excluding hydrogens is 313 g/mol. The summed E-state index contributed by atoms with van der Waals surface area (Å²) < 4.78 is 4.90. The first-order valence-electron chi connectivity index (χ1n) is 4.69. The van der Waals surface area contributed by atoms with Crippen molar-refractivity contribution in [3.63, 3.8) is 0 Å². The van der Waals surface area contributed by atoms with Crippen molar-refractivity contribution in [1.82, 2.24) is 4.98 Å². The Morgan fingerprint density at radius 3 is 2.88 bits per heavy atom. The molecule has 0 aliphatic rings. The van der Waals surface area contributed by atoms with Crippen LogP contribution in [-0.2, 0) is 9.53 Å². The molecule has 0 saturated carbocycles. The van der Waals surface area contributed by atoms with Crippen LogP contribution in [0.3, 0.4) is 0 Å². The molecule has 17 heavy (non-hydrogen) atoms. The highest BCUT2D eigenvalue weighted by molar-refractivity contribution is 9.10. The Kier molecular flexibility index (Phi) is 5.32. The Bertz CT molecular complexity index is 415. The summed E-state index contributed by atoms with van der Waals surface area (Å²) in [6.45, 7) is 0. The molecule has 0 bridgehead atoms. The van der Waals surface area contributed by atoms with Crippen LogP contribution >= 0.6 is 27.5 Å². The van der Waals surface area contributed by atoms with Crippen molar-refractivity contribution in [3.8, 4) is 0 Å². The summed E-state index contributed by atoms with van der Waals surface area (Å²) in [6.07, 6.45) is -1.41. The monoisotopic (exact) mass is 323 g/mol. The molecule has 5 nitrogen and oxygen atoms in total. The van der Waals surface area contributed by atoms with Crippen molar-refractivity contribution in [1.29, 1.82) is 0 Å². The van der Waals surface area contributed by atoms with Crippen LogP contribution in [0.2, 0.25) is 5.15 Å². The molecule has 1 heterocycles. The van der Waals surface area contributed by atoms with Crippen LogP contribution in [-0.4, -0.2) is 34.4 Å². The van der Waals surface area contributed by atoms with Gasteiger partial charge in [0.05, 0.1) is 19.6 Å². The van der Waals surface area contributed by atoms with Crippen LogP contribution in [0.1, 0.15) is 18.1 Å². The molecule has 0 spiro atoms. The van der Waals surface area contributed by atoms with Crippen LogP contribution in [0.25, 0.3) is 0 Å². The van der Waals surface area contributed by atoms with Crippen LogP contribution in [0.4, 0.5) is 0 Å². The Balaban J connectivity index is 2.84. The van der Waals surface area contributed by atoms with Crippen molar-refractivity contribution >= 4 is 33.5 Å². The Hall–Kier alpha value is -0.690. The van der Waals surface area contributed by atoms with Gasteiger partial charge in [0.1, 0.15) is 11.3 Å². The second-order valence-corrected chi connectivity index (χ2v) is 4.56. The number of rotatable bonds is 4. The molecule has 0 aliphatic heterocycles. The molecule has 0 amide bonds. The van der Waals surface area contributed by atoms with Gasteiger partial charge < -0.3 is 14.9 Å². The normalized spacial score (nSPS) is 14.2. The second-order valence-electron chi connectivity index (χ2n) is 3.32. The smallest absolute Gasteiger partial charge is 0.308 e. The number of aliphatic hydroxyl groups excluding tert-OH is 2. The van der Waals surface area contributed by atoms with E-state index in [4.69, 9.17) is 11.6 Å². The number of pyridine rings is 1. The van der Waals surface area contributed by atoms with Gasteiger partial charge in [-0.05, 0) is 22.0 Å². The first kappa shape index (κ1) is 14.4. The maximum Gasteiger partial charge on any atom is 0.308 e. The highest BCUT2D eigenvalue weighted by atomic mass is 79.9. The molecule has 7 heteroatoms. The zero-order valence-corrected chi connectivity index (χ0v) is 11.3. The minimum absolute atomic E-state index is 0.188. The van der Waals surface area contributed by atoms with Crippen LogP contribution in [0.15, 0.2) is 16.7 Å². The third-order valence-electron chi connectivity index (χ3n) is 2.14. The van der Waals surface area contributed by atoms with Crippen molar-refractivity contribution < 1.29 is 19.7 Å². The molecule has 1 aromatic heterocycles. The summed E-state index contributed by atoms with van der Waals surface area (Å²) in [5, 5.41) is 19.7. The van der Waals surface area contributed by atoms with Gasteiger partial charge in [0.25, 0.3) is 0 Å². The lowest BCUT2D eigenvalue weighted by Crippen LogP contribution is -2.23. The summed E-state index contributed by atoms with van der Waals surface area (Å²) in [5.74, 6) is -0.604. The molecule has 1 rings (SSSR count). The number of esters is 1. The van der Waals surface area contributed by atoms with Gasteiger partial charge in [0.2, 0.25) is 0 Å². The quantitative estimate of drug-likeness (QED) is 0.647. The summed E-state index contributed by atoms with van der Waals surface area (Å²) in [5.41, 5.74) is 0.362. The molecule has 2 atom stereocenters. The van der Waals surface area contributed by atoms with Gasteiger partial charge in [-0.2, -0.15) is 0 Å². The topological polar surface area (TPSA) is 79.7 Å². The fourth-order valence-electron chi connectivity index (χ4n) is 1.23. The van der Waals surface area contributed by atoms with Crippen molar-refractivity contribution in [2.24, 2.45) is 0 Å². The van der Waals surface area contributed by atoms with Crippen LogP contribution in [0.5, 0.6) is 0 Å². The summed E-state index contributed by atoms with van der Waals surface area (Å²) in [6, 6.07) is 1.41. The molecule has 2 N–H and O–H groups in total. The average Bonchev–Trinajstić information content (AvgIpc) is 2.31. The molecule has 0 aliphatic carbocycles. The lowest BCUT2D eigenvalue weighted by molar-refractivity contribution is -0.144. The zero-order valence-electron chi connectivity index (χ0n) is 8.93. The lowest BCUT2D eigenvalue weighted by Gasteiger charge is -2.18. The van der Waals surface area contributed by atoms with Gasteiger partial charge in [0, 0.05) is 16.2 Å². The van der Waals surface area contributed by atoms with Crippen LogP contribution in [0, 0.1) is 0 Å². The molecule has 0 aromatic carbocycles. The summed E-state index contributed by atoms with van der Waals surface area (Å²) in [7, 11) is 1.21. The van der Waals surface area contributed by atoms with Gasteiger partial charge in [0.15, 0.2) is 0 Å². The number of halogens is 2. The van der Waals surface area contributed by atoms with E-state index in [1.165, 1.54) is 19.4 Å². The van der Waals surface area contributed by atoms with Crippen molar-refractivity contribution in [2.75, 3.05) is 7.11 Å². The SMILES string of the molecule is COC(=O)CC(O)C(O)c1cc(Cl)ncc1Br. The molecule has 0 radical (unpaired) electrons. The molecule has 1 aromatic rings. The van der Waals surface area contributed by atoms with Gasteiger partial charge in [-0.25, -0.2) is 4.98 Å². The fraction of sp³-hybridized carbons (Fsp3) is 0.400. The van der Waals surface area contributed by atoms with E-state index in [2.05, 4.69) is 25.7 Å². The third-order valence-corrected chi connectivity index (χ3v) is 3.01. The highest BCUT2D eigenvalue weighted by Gasteiger charge is 2.24. The number of aromatic nitrogens is 1. The first-order valence-corrected chi connectivity index (χ1v) is 5.86. The van der Waals surface area contributed by atoms with E-state index in [1.54, 1.807) is 0 Å². The van der Waals surface area contributed by atoms with Gasteiger partial charge in [-0.15, -0.1) is 0 Å². The van der Waals surface area contributed by atoms with Crippen molar-refractivity contribution in [2.45, 2.75) is 18.6 Å². The molecule has 94 valence electrons. The average molecular weight is 325 g/mol. The number of nitrogens with zero attached hydrogens (tertiary/aromatic N) is 1. The fourth-order valence-corrected chi connectivity index (χ4v) is 1.84. The van der Waals surface area contributed by atoms with E-state index < -0.39 is 18.2 Å². The first-order chi connectivity index (χ1) is 7.95. The van der Waals surface area contributed by atoms with Gasteiger partial charge in [-0.1, -0.05) is 11.6 Å². The molecular formula is C10H11BrClNO4. The van der Waals surface area contributed by atoms with E-state index >= 15 is 0 Å². The number of hydrogen-bond donors (Lipinski definition) is 2. The Morgan fingerprint density at radius 1 is 1.65 bits per heavy atom. The van der Waals surface area contributed by atoms with Crippen LogP contribution < -0.4 is 0 Å². The zero-order chi connectivity index (χ0) is 13.0. The number of ether oxygens (including phenoxy) is 1. The second kappa shape index (κ2) is 6.30. The predicted molar refractivity (Wildman–Crippen MR) is 64.5 cm³/mol. The van der Waals surface area contributed by atoms with Gasteiger partial charge >= 0.3 is 5.97 Å². The maximum atomic E-state index is 11.0.